The molecule has 0 aromatic carbocycles. The van der Waals surface area contributed by atoms with Crippen LogP contribution in [0, 0.1) is 5.41 Å². The number of hydrogen-bond donors (Lipinski definition) is 3. The maximum absolute atomic E-state index is 8.69. The molecule has 1 aromatic rings. The van der Waals surface area contributed by atoms with Crippen molar-refractivity contribution in [2.24, 2.45) is 16.3 Å². The van der Waals surface area contributed by atoms with E-state index >= 15 is 0 Å². The smallest absolute Gasteiger partial charge is 0.144 e. The molecule has 0 bridgehead atoms. The van der Waals surface area contributed by atoms with E-state index in [-0.39, 0.29) is 11.3 Å². The van der Waals surface area contributed by atoms with Gasteiger partial charge in [0.2, 0.25) is 0 Å². The van der Waals surface area contributed by atoms with Gasteiger partial charge in [-0.15, -0.1) is 0 Å². The molecule has 0 amide bonds. The molecular formula is C13H23N3OS. The normalized spacial score (nSPS) is 14.7. The van der Waals surface area contributed by atoms with Crippen molar-refractivity contribution in [3.63, 3.8) is 0 Å². The first-order valence-corrected chi connectivity index (χ1v) is 7.12. The summed E-state index contributed by atoms with van der Waals surface area (Å²) in [5.41, 5.74) is 6.75. The van der Waals surface area contributed by atoms with Crippen LogP contribution in [0.15, 0.2) is 22.0 Å². The molecule has 0 radical (unpaired) electrons. The van der Waals surface area contributed by atoms with Crippen LogP contribution in [0.4, 0.5) is 0 Å². The molecule has 0 aliphatic rings. The Morgan fingerprint density at radius 1 is 1.61 bits per heavy atom. The minimum Gasteiger partial charge on any atom is -0.409 e. The summed E-state index contributed by atoms with van der Waals surface area (Å²) >= 11 is 1.73. The highest BCUT2D eigenvalue weighted by atomic mass is 32.1. The summed E-state index contributed by atoms with van der Waals surface area (Å²) < 4.78 is 0. The van der Waals surface area contributed by atoms with Gasteiger partial charge in [0.25, 0.3) is 0 Å². The van der Waals surface area contributed by atoms with E-state index in [1.165, 1.54) is 5.56 Å². The van der Waals surface area contributed by atoms with Crippen LogP contribution >= 0.6 is 11.3 Å². The molecule has 0 saturated carbocycles. The number of rotatable bonds is 7. The number of nitrogens with two attached hydrogens (primary N) is 1. The van der Waals surface area contributed by atoms with Gasteiger partial charge in [-0.05, 0) is 48.7 Å². The predicted molar refractivity (Wildman–Crippen MR) is 77.3 cm³/mol. The van der Waals surface area contributed by atoms with Crippen LogP contribution < -0.4 is 11.1 Å². The Morgan fingerprint density at radius 3 is 2.89 bits per heavy atom. The lowest BCUT2D eigenvalue weighted by Crippen LogP contribution is -2.37. The van der Waals surface area contributed by atoms with E-state index in [1.807, 2.05) is 13.8 Å². The van der Waals surface area contributed by atoms with E-state index in [2.05, 4.69) is 34.2 Å². The molecule has 0 fully saturated rings. The third-order valence-electron chi connectivity index (χ3n) is 3.17. The average Bonchev–Trinajstić information content (AvgIpc) is 2.80. The minimum atomic E-state index is -0.274. The van der Waals surface area contributed by atoms with Gasteiger partial charge >= 0.3 is 0 Å². The fourth-order valence-electron chi connectivity index (χ4n) is 1.73. The molecule has 0 aliphatic carbocycles. The summed E-state index contributed by atoms with van der Waals surface area (Å²) in [5, 5.41) is 19.5. The van der Waals surface area contributed by atoms with Crippen molar-refractivity contribution in [3.8, 4) is 0 Å². The van der Waals surface area contributed by atoms with Crippen LogP contribution in [-0.2, 0) is 6.42 Å². The molecule has 0 aliphatic heterocycles. The fraction of sp³-hybridized carbons (Fsp3) is 0.615. The Labute approximate surface area is 113 Å². The van der Waals surface area contributed by atoms with Gasteiger partial charge < -0.3 is 16.3 Å². The number of hydrogen-bond acceptors (Lipinski definition) is 4. The van der Waals surface area contributed by atoms with Gasteiger partial charge in [0.1, 0.15) is 5.84 Å². The zero-order chi connectivity index (χ0) is 13.6. The number of amidine groups is 1. The topological polar surface area (TPSA) is 70.6 Å². The highest BCUT2D eigenvalue weighted by molar-refractivity contribution is 7.07. The number of oxime groups is 1. The van der Waals surface area contributed by atoms with E-state index < -0.39 is 0 Å². The summed E-state index contributed by atoms with van der Waals surface area (Å²) in [4.78, 5) is 0. The van der Waals surface area contributed by atoms with Crippen LogP contribution in [0.1, 0.15) is 32.8 Å². The number of nitrogens with one attached hydrogen (secondary N) is 1. The second kappa shape index (κ2) is 6.75. The molecule has 0 spiro atoms. The standard InChI is InChI=1S/C13H23N3OS/c1-10(8-11-4-7-18-9-11)15-6-5-13(2,3)12(14)16-17/h4,7,9-10,15,17H,5-6,8H2,1-3H3,(H2,14,16). The zero-order valence-electron chi connectivity index (χ0n) is 11.3. The van der Waals surface area contributed by atoms with E-state index in [0.717, 1.165) is 19.4 Å². The van der Waals surface area contributed by atoms with Gasteiger partial charge in [0, 0.05) is 11.5 Å². The largest absolute Gasteiger partial charge is 0.409 e. The van der Waals surface area contributed by atoms with E-state index in [0.29, 0.717) is 6.04 Å². The van der Waals surface area contributed by atoms with Crippen LogP contribution in [0.5, 0.6) is 0 Å². The van der Waals surface area contributed by atoms with E-state index in [9.17, 15) is 0 Å². The summed E-state index contributed by atoms with van der Waals surface area (Å²) in [6, 6.07) is 2.59. The quantitative estimate of drug-likeness (QED) is 0.308. The number of thiophene rings is 1. The van der Waals surface area contributed by atoms with Crippen molar-refractivity contribution in [1.29, 1.82) is 0 Å². The first-order valence-electron chi connectivity index (χ1n) is 6.18. The average molecular weight is 269 g/mol. The van der Waals surface area contributed by atoms with Gasteiger partial charge in [-0.2, -0.15) is 11.3 Å². The molecule has 4 N–H and O–H groups in total. The van der Waals surface area contributed by atoms with Gasteiger partial charge in [-0.3, -0.25) is 0 Å². The number of nitrogens with zero attached hydrogens (tertiary/aromatic N) is 1. The summed E-state index contributed by atoms with van der Waals surface area (Å²) in [6.07, 6.45) is 1.88. The van der Waals surface area contributed by atoms with Crippen molar-refractivity contribution in [2.45, 2.75) is 39.7 Å². The maximum atomic E-state index is 8.69. The van der Waals surface area contributed by atoms with Crippen LogP contribution in [0.2, 0.25) is 0 Å². The molecular weight excluding hydrogens is 246 g/mol. The van der Waals surface area contributed by atoms with Crippen molar-refractivity contribution in [2.75, 3.05) is 6.54 Å². The van der Waals surface area contributed by atoms with E-state index in [4.69, 9.17) is 10.9 Å². The molecule has 18 heavy (non-hydrogen) atoms. The van der Waals surface area contributed by atoms with Crippen molar-refractivity contribution < 1.29 is 5.21 Å². The van der Waals surface area contributed by atoms with E-state index in [1.54, 1.807) is 11.3 Å². The summed E-state index contributed by atoms with van der Waals surface area (Å²) in [7, 11) is 0. The summed E-state index contributed by atoms with van der Waals surface area (Å²) in [5.74, 6) is 0.287. The van der Waals surface area contributed by atoms with Crippen LogP contribution in [0.3, 0.4) is 0 Å². The molecule has 5 heteroatoms. The molecule has 1 aromatic heterocycles. The highest BCUT2D eigenvalue weighted by Gasteiger charge is 2.23. The van der Waals surface area contributed by atoms with Crippen molar-refractivity contribution >= 4 is 17.2 Å². The Kier molecular flexibility index (Phi) is 5.62. The van der Waals surface area contributed by atoms with Gasteiger partial charge in [0.15, 0.2) is 0 Å². The first-order chi connectivity index (χ1) is 8.45. The lowest BCUT2D eigenvalue weighted by Gasteiger charge is -2.24. The minimum absolute atomic E-state index is 0.274. The molecule has 1 rings (SSSR count). The lowest BCUT2D eigenvalue weighted by atomic mass is 9.88. The predicted octanol–water partition coefficient (Wildman–Crippen LogP) is 2.43. The third kappa shape index (κ3) is 4.66. The SMILES string of the molecule is CC(Cc1ccsc1)NCCC(C)(C)C(N)=NO. The van der Waals surface area contributed by atoms with Gasteiger partial charge in [-0.1, -0.05) is 19.0 Å². The Hall–Kier alpha value is -1.07. The summed E-state index contributed by atoms with van der Waals surface area (Å²) in [6.45, 7) is 6.99. The maximum Gasteiger partial charge on any atom is 0.144 e. The Balaban J connectivity index is 2.29. The second-order valence-electron chi connectivity index (χ2n) is 5.31. The van der Waals surface area contributed by atoms with Gasteiger partial charge in [-0.25, -0.2) is 0 Å². The molecule has 0 saturated heterocycles. The van der Waals surface area contributed by atoms with Crippen LogP contribution in [0.25, 0.3) is 0 Å². The zero-order valence-corrected chi connectivity index (χ0v) is 12.1. The molecule has 1 atom stereocenters. The Bertz CT molecular complexity index is 374. The first kappa shape index (κ1) is 15.0. The van der Waals surface area contributed by atoms with Crippen LogP contribution in [-0.4, -0.2) is 23.6 Å². The molecule has 1 heterocycles. The Morgan fingerprint density at radius 2 is 2.33 bits per heavy atom. The highest BCUT2D eigenvalue weighted by Crippen LogP contribution is 2.19. The second-order valence-corrected chi connectivity index (χ2v) is 6.09. The van der Waals surface area contributed by atoms with Crippen molar-refractivity contribution in [1.82, 2.24) is 5.32 Å². The molecule has 4 nitrogen and oxygen atoms in total. The monoisotopic (exact) mass is 269 g/mol. The lowest BCUT2D eigenvalue weighted by molar-refractivity contribution is 0.304. The third-order valence-corrected chi connectivity index (χ3v) is 3.90. The van der Waals surface area contributed by atoms with Crippen molar-refractivity contribution in [3.05, 3.63) is 22.4 Å². The fourth-order valence-corrected chi connectivity index (χ4v) is 2.41. The molecule has 1 unspecified atom stereocenters. The molecule has 102 valence electrons. The van der Waals surface area contributed by atoms with Gasteiger partial charge in [0.05, 0.1) is 0 Å².